The molecule has 1 fully saturated rings. The first-order valence-electron chi connectivity index (χ1n) is 9.68. The van der Waals surface area contributed by atoms with Crippen LogP contribution < -0.4 is 10.6 Å². The van der Waals surface area contributed by atoms with Crippen LogP contribution in [0.1, 0.15) is 20.1 Å². The predicted molar refractivity (Wildman–Crippen MR) is 111 cm³/mol. The molecular weight excluding hydrogens is 471 g/mol. The van der Waals surface area contributed by atoms with Crippen LogP contribution in [-0.2, 0) is 18.8 Å². The molecule has 2 aromatic rings. The Bertz CT molecular complexity index is 1020. The van der Waals surface area contributed by atoms with Gasteiger partial charge in [-0.15, -0.1) is 0 Å². The van der Waals surface area contributed by atoms with E-state index in [1.54, 1.807) is 6.92 Å². The lowest BCUT2D eigenvalue weighted by Gasteiger charge is -2.21. The molecule has 1 amide bonds. The number of nitrogens with zero attached hydrogens (tertiary/aromatic N) is 4. The number of hydrogen-bond donors (Lipinski definition) is 6. The van der Waals surface area contributed by atoms with E-state index in [9.17, 15) is 29.4 Å². The number of rotatable bonds is 9. The van der Waals surface area contributed by atoms with Gasteiger partial charge in [-0.05, 0) is 25.4 Å². The Kier molecular flexibility index (Phi) is 7.68. The van der Waals surface area contributed by atoms with Crippen LogP contribution in [0.15, 0.2) is 6.33 Å². The molecule has 16 heteroatoms. The molecule has 0 spiro atoms. The van der Waals surface area contributed by atoms with Crippen molar-refractivity contribution >= 4 is 42.1 Å². The largest absolute Gasteiger partial charge is 0.387 e. The lowest BCUT2D eigenvalue weighted by atomic mass is 10.1. The Balaban J connectivity index is 1.81. The molecule has 0 aliphatic carbocycles. The smallest absolute Gasteiger partial charge is 0.363 e. The fourth-order valence-corrected chi connectivity index (χ4v) is 4.08. The minimum absolute atomic E-state index is 0.0745. The van der Waals surface area contributed by atoms with Crippen LogP contribution in [0.3, 0.4) is 0 Å². The fourth-order valence-electron chi connectivity index (χ4n) is 3.24. The molecule has 3 rings (SSSR count). The summed E-state index contributed by atoms with van der Waals surface area (Å²) in [6, 6.07) is 0. The third-order valence-corrected chi connectivity index (χ3v) is 5.81. The summed E-state index contributed by atoms with van der Waals surface area (Å²) in [5.41, 5.74) is 0.591. The van der Waals surface area contributed by atoms with Gasteiger partial charge in [0.15, 0.2) is 23.2 Å². The van der Waals surface area contributed by atoms with Gasteiger partial charge in [-0.2, -0.15) is 9.97 Å². The molecule has 2 aromatic heterocycles. The van der Waals surface area contributed by atoms with E-state index in [0.717, 1.165) is 0 Å². The SMILES string of the molecule is CCNC(=O)C(OCC1OC(n2cnc3c(NCC)nc(Cl)nc32)C(O)C1O)P(=O)(O)O. The maximum atomic E-state index is 11.9. The van der Waals surface area contributed by atoms with Crippen molar-refractivity contribution in [1.82, 2.24) is 24.8 Å². The molecule has 5 unspecified atom stereocenters. The molecular formula is C16H24ClN6O8P. The summed E-state index contributed by atoms with van der Waals surface area (Å²) >= 11 is 5.98. The number of fused-ring (bicyclic) bond motifs is 1. The molecule has 3 heterocycles. The number of hydrogen-bond acceptors (Lipinski definition) is 10. The summed E-state index contributed by atoms with van der Waals surface area (Å²) < 4.78 is 23.7. The highest BCUT2D eigenvalue weighted by molar-refractivity contribution is 7.53. The number of aromatic nitrogens is 4. The highest BCUT2D eigenvalue weighted by Gasteiger charge is 2.46. The number of nitrogens with one attached hydrogen (secondary N) is 2. The molecule has 0 aromatic carbocycles. The molecule has 1 aliphatic heterocycles. The van der Waals surface area contributed by atoms with Crippen molar-refractivity contribution in [2.24, 2.45) is 0 Å². The number of aliphatic hydroxyl groups is 2. The van der Waals surface area contributed by atoms with Crippen molar-refractivity contribution in [3.05, 3.63) is 11.6 Å². The molecule has 1 aliphatic rings. The van der Waals surface area contributed by atoms with E-state index in [4.69, 9.17) is 21.1 Å². The average Bonchev–Trinajstić information content (AvgIpc) is 3.23. The number of likely N-dealkylation sites (N-methyl/N-ethyl adjacent to an activating group) is 1. The van der Waals surface area contributed by atoms with Crippen molar-refractivity contribution in [3.8, 4) is 0 Å². The second-order valence-electron chi connectivity index (χ2n) is 6.91. The van der Waals surface area contributed by atoms with E-state index >= 15 is 0 Å². The summed E-state index contributed by atoms with van der Waals surface area (Å²) in [5.74, 6) is -2.72. The van der Waals surface area contributed by atoms with Gasteiger partial charge in [-0.1, -0.05) is 0 Å². The van der Waals surface area contributed by atoms with E-state index in [0.29, 0.717) is 17.9 Å². The first kappa shape index (κ1) is 24.7. The zero-order chi connectivity index (χ0) is 23.6. The van der Waals surface area contributed by atoms with Crippen LogP contribution in [0.2, 0.25) is 5.28 Å². The molecule has 0 radical (unpaired) electrons. The quantitative estimate of drug-likeness (QED) is 0.187. The zero-order valence-corrected chi connectivity index (χ0v) is 18.8. The minimum Gasteiger partial charge on any atom is -0.387 e. The summed E-state index contributed by atoms with van der Waals surface area (Å²) in [7, 11) is -4.95. The first-order chi connectivity index (χ1) is 15.1. The monoisotopic (exact) mass is 494 g/mol. The van der Waals surface area contributed by atoms with Gasteiger partial charge >= 0.3 is 7.60 Å². The number of carbonyl (C=O) groups excluding carboxylic acids is 1. The summed E-state index contributed by atoms with van der Waals surface area (Å²) in [6.07, 6.45) is -4.00. The molecule has 1 saturated heterocycles. The van der Waals surface area contributed by atoms with E-state index in [1.807, 2.05) is 6.92 Å². The van der Waals surface area contributed by atoms with E-state index in [2.05, 4.69) is 25.6 Å². The second kappa shape index (κ2) is 9.93. The number of aliphatic hydroxyl groups excluding tert-OH is 2. The van der Waals surface area contributed by atoms with Crippen LogP contribution in [0.25, 0.3) is 11.2 Å². The van der Waals surface area contributed by atoms with Gasteiger partial charge in [-0.3, -0.25) is 13.9 Å². The maximum absolute atomic E-state index is 11.9. The number of amides is 1. The predicted octanol–water partition coefficient (Wildman–Crippen LogP) is -0.813. The van der Waals surface area contributed by atoms with Crippen LogP contribution in [0.5, 0.6) is 0 Å². The first-order valence-corrected chi connectivity index (χ1v) is 11.7. The van der Waals surface area contributed by atoms with Crippen LogP contribution in [-0.4, -0.2) is 89.3 Å². The molecule has 0 saturated carbocycles. The van der Waals surface area contributed by atoms with E-state index < -0.39 is 50.5 Å². The number of halogens is 1. The van der Waals surface area contributed by atoms with Crippen molar-refractivity contribution < 1.29 is 38.8 Å². The Morgan fingerprint density at radius 3 is 2.66 bits per heavy atom. The van der Waals surface area contributed by atoms with Gasteiger partial charge in [0, 0.05) is 13.1 Å². The van der Waals surface area contributed by atoms with Crippen LogP contribution in [0, 0.1) is 0 Å². The van der Waals surface area contributed by atoms with Crippen molar-refractivity contribution in [1.29, 1.82) is 0 Å². The van der Waals surface area contributed by atoms with Crippen molar-refractivity contribution in [3.63, 3.8) is 0 Å². The van der Waals surface area contributed by atoms with Gasteiger partial charge in [-0.25, -0.2) is 4.98 Å². The zero-order valence-electron chi connectivity index (χ0n) is 17.1. The third kappa shape index (κ3) is 5.02. The summed E-state index contributed by atoms with van der Waals surface area (Å²) in [6.45, 7) is 3.53. The lowest BCUT2D eigenvalue weighted by Crippen LogP contribution is -2.40. The average molecular weight is 495 g/mol. The summed E-state index contributed by atoms with van der Waals surface area (Å²) in [4.78, 5) is 43.1. The molecule has 6 N–H and O–H groups in total. The van der Waals surface area contributed by atoms with Gasteiger partial charge in [0.1, 0.15) is 18.3 Å². The van der Waals surface area contributed by atoms with Gasteiger partial charge in [0.05, 0.1) is 12.9 Å². The van der Waals surface area contributed by atoms with Crippen molar-refractivity contribution in [2.45, 2.75) is 44.2 Å². The number of anilines is 1. The molecule has 178 valence electrons. The van der Waals surface area contributed by atoms with E-state index in [-0.39, 0.29) is 17.5 Å². The highest BCUT2D eigenvalue weighted by atomic mass is 35.5. The highest BCUT2D eigenvalue weighted by Crippen LogP contribution is 2.42. The molecule has 32 heavy (non-hydrogen) atoms. The normalized spacial score (nSPS) is 24.6. The van der Waals surface area contributed by atoms with Crippen LogP contribution >= 0.6 is 19.2 Å². The molecule has 0 bridgehead atoms. The second-order valence-corrected chi connectivity index (χ2v) is 8.90. The Morgan fingerprint density at radius 2 is 2.03 bits per heavy atom. The number of ether oxygens (including phenoxy) is 2. The standard InChI is InChI=1S/C16H24ClN6O8P/c1-3-18-11-8-12(22-16(17)21-11)23(6-20-8)14-10(25)9(24)7(31-14)5-30-15(32(27,28)29)13(26)19-4-2/h6-7,9-10,14-15,24-25H,3-5H2,1-2H3,(H,19,26)(H,18,21,22)(H2,27,28,29). The number of imidazole rings is 1. The lowest BCUT2D eigenvalue weighted by molar-refractivity contribution is -0.132. The van der Waals surface area contributed by atoms with Gasteiger partial charge < -0.3 is 40.1 Å². The third-order valence-electron chi connectivity index (χ3n) is 4.65. The van der Waals surface area contributed by atoms with Gasteiger partial charge in [0.2, 0.25) is 11.1 Å². The van der Waals surface area contributed by atoms with E-state index in [1.165, 1.54) is 10.9 Å². The number of carbonyl (C=O) groups is 1. The molecule has 5 atom stereocenters. The minimum atomic E-state index is -4.95. The topological polar surface area (TPSA) is 201 Å². The van der Waals surface area contributed by atoms with Crippen molar-refractivity contribution in [2.75, 3.05) is 25.0 Å². The maximum Gasteiger partial charge on any atom is 0.363 e. The molecule has 14 nitrogen and oxygen atoms in total. The fraction of sp³-hybridized carbons (Fsp3) is 0.625. The Labute approximate surface area is 187 Å². The summed E-state index contributed by atoms with van der Waals surface area (Å²) in [5, 5.41) is 26.1. The Hall–Kier alpha value is -1.90. The Morgan fingerprint density at radius 1 is 1.31 bits per heavy atom. The van der Waals surface area contributed by atoms with Gasteiger partial charge in [0.25, 0.3) is 5.91 Å². The van der Waals surface area contributed by atoms with Crippen LogP contribution in [0.4, 0.5) is 5.82 Å².